The molecule has 0 aliphatic heterocycles. The maximum Gasteiger partial charge on any atom is 0.390 e. The monoisotopic (exact) mass is 256 g/mol. The van der Waals surface area contributed by atoms with Crippen molar-refractivity contribution in [2.45, 2.75) is 38.4 Å². The second kappa shape index (κ2) is 5.74. The van der Waals surface area contributed by atoms with Gasteiger partial charge in [0.05, 0.1) is 6.42 Å². The summed E-state index contributed by atoms with van der Waals surface area (Å²) in [7, 11) is 0. The number of carboxylic acids is 1. The van der Waals surface area contributed by atoms with Gasteiger partial charge in [0.15, 0.2) is 0 Å². The smallest absolute Gasteiger partial charge is 0.390 e. The van der Waals surface area contributed by atoms with Gasteiger partial charge in [0.2, 0.25) is 0 Å². The first-order chi connectivity index (χ1) is 7.60. The summed E-state index contributed by atoms with van der Waals surface area (Å²) in [4.78, 5) is 22.0. The lowest BCUT2D eigenvalue weighted by Crippen LogP contribution is -2.55. The predicted molar refractivity (Wildman–Crippen MR) is 53.5 cm³/mol. The molecule has 2 amide bonds. The molecule has 0 aromatic carbocycles. The van der Waals surface area contributed by atoms with Gasteiger partial charge >= 0.3 is 18.2 Å². The van der Waals surface area contributed by atoms with Crippen LogP contribution in [0.4, 0.5) is 18.0 Å². The van der Waals surface area contributed by atoms with Crippen molar-refractivity contribution in [2.75, 3.05) is 6.54 Å². The van der Waals surface area contributed by atoms with E-state index in [-0.39, 0.29) is 6.42 Å². The second-order valence-corrected chi connectivity index (χ2v) is 3.74. The molecule has 17 heavy (non-hydrogen) atoms. The summed E-state index contributed by atoms with van der Waals surface area (Å²) < 4.78 is 35.3. The van der Waals surface area contributed by atoms with Gasteiger partial charge in [-0.05, 0) is 13.3 Å². The quantitative estimate of drug-likeness (QED) is 0.697. The molecule has 3 N–H and O–H groups in total. The van der Waals surface area contributed by atoms with Crippen molar-refractivity contribution in [1.82, 2.24) is 10.6 Å². The molecule has 1 atom stereocenters. The van der Waals surface area contributed by atoms with Crippen molar-refractivity contribution >= 4 is 12.0 Å². The molecule has 1 unspecified atom stereocenters. The van der Waals surface area contributed by atoms with Gasteiger partial charge in [-0.25, -0.2) is 9.59 Å². The Hall–Kier alpha value is -1.47. The van der Waals surface area contributed by atoms with E-state index in [0.29, 0.717) is 0 Å². The summed E-state index contributed by atoms with van der Waals surface area (Å²) in [5.74, 6) is -1.24. The summed E-state index contributed by atoms with van der Waals surface area (Å²) in [5.41, 5.74) is -1.48. The summed E-state index contributed by atoms with van der Waals surface area (Å²) >= 11 is 0. The van der Waals surface area contributed by atoms with Gasteiger partial charge in [0.25, 0.3) is 0 Å². The number of rotatable bonds is 5. The minimum atomic E-state index is -4.35. The van der Waals surface area contributed by atoms with Gasteiger partial charge in [-0.1, -0.05) is 6.92 Å². The summed E-state index contributed by atoms with van der Waals surface area (Å²) in [6, 6.07) is -0.930. The number of halogens is 3. The number of carbonyl (C=O) groups is 2. The van der Waals surface area contributed by atoms with Crippen LogP contribution in [-0.4, -0.2) is 35.4 Å². The number of carboxylic acid groups (broad SMARTS) is 1. The lowest BCUT2D eigenvalue weighted by Gasteiger charge is -2.24. The van der Waals surface area contributed by atoms with Crippen LogP contribution in [0.1, 0.15) is 26.7 Å². The largest absolute Gasteiger partial charge is 0.480 e. The molecular weight excluding hydrogens is 241 g/mol. The Morgan fingerprint density at radius 1 is 1.29 bits per heavy atom. The summed E-state index contributed by atoms with van der Waals surface area (Å²) in [6.07, 6.45) is -5.39. The second-order valence-electron chi connectivity index (χ2n) is 3.74. The third-order valence-electron chi connectivity index (χ3n) is 2.26. The van der Waals surface area contributed by atoms with Crippen LogP contribution in [0.3, 0.4) is 0 Å². The Morgan fingerprint density at radius 3 is 2.18 bits per heavy atom. The summed E-state index contributed by atoms with van der Waals surface area (Å²) in [5, 5.41) is 12.9. The molecule has 0 aromatic heterocycles. The number of hydrogen-bond acceptors (Lipinski definition) is 2. The van der Waals surface area contributed by atoms with E-state index in [1.807, 2.05) is 5.32 Å². The topological polar surface area (TPSA) is 78.4 Å². The number of nitrogens with one attached hydrogen (secondary N) is 2. The zero-order chi connectivity index (χ0) is 13.7. The molecule has 0 spiro atoms. The molecule has 0 aliphatic carbocycles. The highest BCUT2D eigenvalue weighted by Gasteiger charge is 2.33. The van der Waals surface area contributed by atoms with Gasteiger partial charge in [0.1, 0.15) is 5.54 Å². The van der Waals surface area contributed by atoms with Gasteiger partial charge in [-0.3, -0.25) is 0 Å². The van der Waals surface area contributed by atoms with Crippen molar-refractivity contribution in [2.24, 2.45) is 0 Å². The maximum absolute atomic E-state index is 11.8. The van der Waals surface area contributed by atoms with Crippen molar-refractivity contribution in [3.8, 4) is 0 Å². The van der Waals surface area contributed by atoms with E-state index < -0.39 is 36.7 Å². The molecule has 0 saturated carbocycles. The van der Waals surface area contributed by atoms with Crippen LogP contribution in [0, 0.1) is 0 Å². The Bertz CT molecular complexity index is 294. The number of aliphatic carboxylic acids is 1. The Balaban J connectivity index is 4.14. The fourth-order valence-corrected chi connectivity index (χ4v) is 0.906. The minimum absolute atomic E-state index is 0.120. The highest BCUT2D eigenvalue weighted by Crippen LogP contribution is 2.18. The van der Waals surface area contributed by atoms with Gasteiger partial charge in [0, 0.05) is 6.54 Å². The van der Waals surface area contributed by atoms with Gasteiger partial charge < -0.3 is 15.7 Å². The Morgan fingerprint density at radius 2 is 1.82 bits per heavy atom. The van der Waals surface area contributed by atoms with Crippen molar-refractivity contribution in [1.29, 1.82) is 0 Å². The lowest BCUT2D eigenvalue weighted by atomic mass is 10.00. The number of amides is 2. The van der Waals surface area contributed by atoms with Crippen LogP contribution in [-0.2, 0) is 4.79 Å². The van der Waals surface area contributed by atoms with Gasteiger partial charge in [-0.15, -0.1) is 0 Å². The van der Waals surface area contributed by atoms with E-state index in [9.17, 15) is 22.8 Å². The summed E-state index contributed by atoms with van der Waals surface area (Å²) in [6.45, 7) is 2.23. The van der Waals surface area contributed by atoms with Crippen LogP contribution in [0.5, 0.6) is 0 Å². The van der Waals surface area contributed by atoms with Crippen LogP contribution in [0.15, 0.2) is 0 Å². The predicted octanol–water partition coefficient (Wildman–Crippen LogP) is 1.49. The average Bonchev–Trinajstić information content (AvgIpc) is 2.15. The highest BCUT2D eigenvalue weighted by molar-refractivity contribution is 5.85. The van der Waals surface area contributed by atoms with Gasteiger partial charge in [-0.2, -0.15) is 13.2 Å². The van der Waals surface area contributed by atoms with E-state index in [0.717, 1.165) is 0 Å². The third-order valence-corrected chi connectivity index (χ3v) is 2.26. The number of hydrogen-bond donors (Lipinski definition) is 3. The molecule has 0 aliphatic rings. The van der Waals surface area contributed by atoms with E-state index in [1.54, 1.807) is 6.92 Å². The lowest BCUT2D eigenvalue weighted by molar-refractivity contribution is -0.144. The number of carbonyl (C=O) groups excluding carboxylic acids is 1. The number of alkyl halides is 3. The van der Waals surface area contributed by atoms with E-state index in [4.69, 9.17) is 5.11 Å². The molecule has 0 saturated heterocycles. The fourth-order valence-electron chi connectivity index (χ4n) is 0.906. The molecular formula is C9H15F3N2O3. The molecule has 0 bridgehead atoms. The zero-order valence-electron chi connectivity index (χ0n) is 9.52. The molecule has 100 valence electrons. The van der Waals surface area contributed by atoms with Crippen LogP contribution in [0.2, 0.25) is 0 Å². The molecule has 5 nitrogen and oxygen atoms in total. The third kappa shape index (κ3) is 5.98. The normalized spacial score (nSPS) is 14.9. The fraction of sp³-hybridized carbons (Fsp3) is 0.778. The van der Waals surface area contributed by atoms with E-state index in [2.05, 4.69) is 5.32 Å². The van der Waals surface area contributed by atoms with Crippen molar-refractivity contribution < 1.29 is 27.9 Å². The first-order valence-electron chi connectivity index (χ1n) is 4.97. The van der Waals surface area contributed by atoms with Crippen molar-refractivity contribution in [3.63, 3.8) is 0 Å². The molecule has 0 heterocycles. The highest BCUT2D eigenvalue weighted by atomic mass is 19.4. The molecule has 0 rings (SSSR count). The first-order valence-corrected chi connectivity index (χ1v) is 4.97. The van der Waals surface area contributed by atoms with Crippen LogP contribution < -0.4 is 10.6 Å². The van der Waals surface area contributed by atoms with E-state index in [1.165, 1.54) is 6.92 Å². The minimum Gasteiger partial charge on any atom is -0.480 e. The molecule has 0 aromatic rings. The van der Waals surface area contributed by atoms with Crippen LogP contribution >= 0.6 is 0 Å². The maximum atomic E-state index is 11.8. The first kappa shape index (κ1) is 15.5. The molecule has 0 fully saturated rings. The van der Waals surface area contributed by atoms with Crippen molar-refractivity contribution in [3.05, 3.63) is 0 Å². The van der Waals surface area contributed by atoms with Crippen LogP contribution in [0.25, 0.3) is 0 Å². The van der Waals surface area contributed by atoms with E-state index >= 15 is 0 Å². The Kier molecular flexibility index (Phi) is 5.24. The molecule has 0 radical (unpaired) electrons. The zero-order valence-corrected chi connectivity index (χ0v) is 9.52. The number of urea groups is 1. The average molecular weight is 256 g/mol. The standard InChI is InChI=1S/C9H15F3N2O3/c1-3-8(2,6(15)16)14-7(17)13-5-4-9(10,11)12/h3-5H2,1-2H3,(H,15,16)(H2,13,14,17). The SMILES string of the molecule is CCC(C)(NC(=O)NCCC(F)(F)F)C(=O)O. The molecule has 8 heteroatoms. The Labute approximate surface area is 96.4 Å².